The van der Waals surface area contributed by atoms with E-state index in [1.165, 1.54) is 6.92 Å². The molecule has 0 radical (unpaired) electrons. The van der Waals surface area contributed by atoms with Crippen molar-refractivity contribution in [3.8, 4) is 12.8 Å². The Morgan fingerprint density at radius 2 is 1.79 bits per heavy atom. The van der Waals surface area contributed by atoms with Crippen LogP contribution in [0.4, 0.5) is 0 Å². The summed E-state index contributed by atoms with van der Waals surface area (Å²) >= 11 is 5.90. The lowest BCUT2D eigenvalue weighted by atomic mass is 10.2. The van der Waals surface area contributed by atoms with E-state index in [2.05, 4.69) is 23.9 Å². The van der Waals surface area contributed by atoms with E-state index in [0.717, 1.165) is 5.56 Å². The summed E-state index contributed by atoms with van der Waals surface area (Å²) in [5, 5.41) is 3.46. The summed E-state index contributed by atoms with van der Waals surface area (Å²) in [6.45, 7) is 3.63. The Labute approximate surface area is 119 Å². The molecule has 0 saturated carbocycles. The van der Waals surface area contributed by atoms with E-state index in [-0.39, 0.29) is 11.8 Å². The number of primary amides is 1. The first-order valence-corrected chi connectivity index (χ1v) is 5.94. The zero-order valence-corrected chi connectivity index (χ0v) is 11.9. The first-order valence-electron chi connectivity index (χ1n) is 5.56. The van der Waals surface area contributed by atoms with E-state index in [1.54, 1.807) is 0 Å². The van der Waals surface area contributed by atoms with Gasteiger partial charge < -0.3 is 11.1 Å². The Hall–Kier alpha value is -1.99. The average molecular weight is 283 g/mol. The van der Waals surface area contributed by atoms with E-state index in [4.69, 9.17) is 11.6 Å². The van der Waals surface area contributed by atoms with Crippen molar-refractivity contribution in [3.63, 3.8) is 0 Å². The van der Waals surface area contributed by atoms with Gasteiger partial charge >= 0.3 is 0 Å². The monoisotopic (exact) mass is 282 g/mol. The van der Waals surface area contributed by atoms with Crippen molar-refractivity contribution in [2.45, 2.75) is 26.8 Å². The molecule has 1 aromatic carbocycles. The fraction of sp³-hybridized carbons (Fsp3) is 0.286. The predicted molar refractivity (Wildman–Crippen MR) is 78.3 cm³/mol. The van der Waals surface area contributed by atoms with E-state index >= 15 is 0 Å². The van der Waals surface area contributed by atoms with Crippen LogP contribution in [0.1, 0.15) is 25.8 Å². The second-order valence-corrected chi connectivity index (χ2v) is 3.74. The van der Waals surface area contributed by atoms with Gasteiger partial charge in [-0.25, -0.2) is 0 Å². The van der Waals surface area contributed by atoms with Crippen LogP contribution < -0.4 is 11.1 Å². The molecule has 0 bridgehead atoms. The number of terminal acetylenes is 1. The van der Waals surface area contributed by atoms with Gasteiger partial charge in [0.1, 0.15) is 0 Å². The molecular formula is C14H19ClN2O2. The number of nitrogens with one attached hydrogen (secondary N) is 1. The number of halogens is 1. The van der Waals surface area contributed by atoms with Crippen molar-refractivity contribution in [2.75, 3.05) is 0 Å². The van der Waals surface area contributed by atoms with Crippen LogP contribution in [0.15, 0.2) is 24.3 Å². The van der Waals surface area contributed by atoms with Crippen LogP contribution in [0.3, 0.4) is 0 Å². The Bertz CT molecular complexity index is 413. The number of carbonyl (C=O) groups is 2. The first kappa shape index (κ1) is 19.4. The minimum Gasteiger partial charge on any atom is -0.370 e. The smallest absolute Gasteiger partial charge is 0.219 e. The third kappa shape index (κ3) is 12.3. The van der Waals surface area contributed by atoms with Gasteiger partial charge in [-0.1, -0.05) is 36.7 Å². The number of benzene rings is 1. The topological polar surface area (TPSA) is 72.2 Å². The van der Waals surface area contributed by atoms with Gasteiger partial charge in [0, 0.05) is 24.9 Å². The molecule has 0 atom stereocenters. The van der Waals surface area contributed by atoms with Gasteiger partial charge in [0.05, 0.1) is 0 Å². The normalized spacial score (nSPS) is 8.05. The van der Waals surface area contributed by atoms with E-state index in [9.17, 15) is 9.59 Å². The maximum Gasteiger partial charge on any atom is 0.219 e. The second-order valence-electron chi connectivity index (χ2n) is 3.33. The number of nitrogens with two attached hydrogens (primary N) is 1. The molecule has 4 nitrogen and oxygen atoms in total. The molecule has 0 aliphatic rings. The standard InChI is InChI=1S/C10H12ClNO.C2H5NO.C2H2/c1-2-10(13)12-7-8-5-3-4-6-9(8)11;1-2(3)4;1-2/h3-6H,2,7H2,1H3,(H,12,13);1H3,(H2,3,4);1-2H. The molecule has 5 heteroatoms. The molecular weight excluding hydrogens is 264 g/mol. The summed E-state index contributed by atoms with van der Waals surface area (Å²) in [5.74, 6) is -0.292. The van der Waals surface area contributed by atoms with Gasteiger partial charge in [0.2, 0.25) is 11.8 Å². The van der Waals surface area contributed by atoms with Gasteiger partial charge in [-0.2, -0.15) is 0 Å². The van der Waals surface area contributed by atoms with Crippen LogP contribution in [0.2, 0.25) is 5.02 Å². The third-order valence-electron chi connectivity index (χ3n) is 1.75. The van der Waals surface area contributed by atoms with Crippen molar-refractivity contribution in [2.24, 2.45) is 5.73 Å². The van der Waals surface area contributed by atoms with Crippen LogP contribution in [0.5, 0.6) is 0 Å². The number of rotatable bonds is 3. The summed E-state index contributed by atoms with van der Waals surface area (Å²) in [6.07, 6.45) is 8.50. The molecule has 1 rings (SSSR count). The molecule has 104 valence electrons. The maximum absolute atomic E-state index is 10.9. The number of carbonyl (C=O) groups excluding carboxylic acids is 2. The molecule has 3 N–H and O–H groups in total. The molecule has 1 aromatic rings. The van der Waals surface area contributed by atoms with Gasteiger partial charge in [-0.15, -0.1) is 12.8 Å². The SMILES string of the molecule is C#C.CC(N)=O.CCC(=O)NCc1ccccc1Cl. The quantitative estimate of drug-likeness (QED) is 0.834. The fourth-order valence-electron chi connectivity index (χ4n) is 0.961. The minimum atomic E-state index is -0.333. The summed E-state index contributed by atoms with van der Waals surface area (Å²) in [5.41, 5.74) is 5.42. The molecule has 0 saturated heterocycles. The zero-order chi connectivity index (χ0) is 15.3. The van der Waals surface area contributed by atoms with Crippen LogP contribution in [0, 0.1) is 12.8 Å². The highest BCUT2D eigenvalue weighted by Gasteiger charge is 2.00. The lowest BCUT2D eigenvalue weighted by molar-refractivity contribution is -0.121. The molecule has 0 aromatic heterocycles. The van der Waals surface area contributed by atoms with Gasteiger partial charge in [-0.05, 0) is 11.6 Å². The summed E-state index contributed by atoms with van der Waals surface area (Å²) < 4.78 is 0. The highest BCUT2D eigenvalue weighted by Crippen LogP contribution is 2.14. The average Bonchev–Trinajstić information content (AvgIpc) is 2.39. The van der Waals surface area contributed by atoms with Gasteiger partial charge in [0.25, 0.3) is 0 Å². The third-order valence-corrected chi connectivity index (χ3v) is 2.12. The molecule has 0 aliphatic carbocycles. The lowest BCUT2D eigenvalue weighted by Gasteiger charge is -2.04. The summed E-state index contributed by atoms with van der Waals surface area (Å²) in [6, 6.07) is 7.49. The molecule has 0 spiro atoms. The molecule has 2 amide bonds. The van der Waals surface area contributed by atoms with Crippen molar-refractivity contribution >= 4 is 23.4 Å². The minimum absolute atomic E-state index is 0.0416. The van der Waals surface area contributed by atoms with E-state index in [0.29, 0.717) is 18.0 Å². The molecule has 0 heterocycles. The van der Waals surface area contributed by atoms with Crippen molar-refractivity contribution < 1.29 is 9.59 Å². The maximum atomic E-state index is 10.9. The number of amides is 2. The van der Waals surface area contributed by atoms with Gasteiger partial charge in [-0.3, -0.25) is 9.59 Å². The number of hydrogen-bond acceptors (Lipinski definition) is 2. The lowest BCUT2D eigenvalue weighted by Crippen LogP contribution is -2.21. The Balaban J connectivity index is 0. The second kappa shape index (κ2) is 12.5. The Morgan fingerprint density at radius 1 is 1.32 bits per heavy atom. The van der Waals surface area contributed by atoms with Gasteiger partial charge in [0.15, 0.2) is 0 Å². The molecule has 0 aliphatic heterocycles. The summed E-state index contributed by atoms with van der Waals surface area (Å²) in [7, 11) is 0. The highest BCUT2D eigenvalue weighted by atomic mass is 35.5. The summed E-state index contributed by atoms with van der Waals surface area (Å²) in [4.78, 5) is 20.2. The van der Waals surface area contributed by atoms with Crippen molar-refractivity contribution in [1.29, 1.82) is 0 Å². The largest absolute Gasteiger partial charge is 0.370 e. The van der Waals surface area contributed by atoms with Crippen molar-refractivity contribution in [1.82, 2.24) is 5.32 Å². The van der Waals surface area contributed by atoms with Crippen LogP contribution >= 0.6 is 11.6 Å². The van der Waals surface area contributed by atoms with Crippen molar-refractivity contribution in [3.05, 3.63) is 34.9 Å². The molecule has 19 heavy (non-hydrogen) atoms. The van der Waals surface area contributed by atoms with E-state index < -0.39 is 0 Å². The highest BCUT2D eigenvalue weighted by molar-refractivity contribution is 6.31. The number of hydrogen-bond donors (Lipinski definition) is 2. The van der Waals surface area contributed by atoms with E-state index in [1.807, 2.05) is 31.2 Å². The van der Waals surface area contributed by atoms with Crippen LogP contribution in [-0.2, 0) is 16.1 Å². The molecule has 0 fully saturated rings. The zero-order valence-electron chi connectivity index (χ0n) is 11.2. The fourth-order valence-corrected chi connectivity index (χ4v) is 1.16. The Morgan fingerprint density at radius 3 is 2.21 bits per heavy atom. The first-order chi connectivity index (χ1) is 8.97. The van der Waals surface area contributed by atoms with Crippen LogP contribution in [-0.4, -0.2) is 11.8 Å². The Kier molecular flexibility index (Phi) is 12.7. The van der Waals surface area contributed by atoms with Crippen LogP contribution in [0.25, 0.3) is 0 Å². The predicted octanol–water partition coefficient (Wildman–Crippen LogP) is 2.11. The molecule has 0 unspecified atom stereocenters.